The lowest BCUT2D eigenvalue weighted by atomic mass is 9.96. The quantitative estimate of drug-likeness (QED) is 0.539. The maximum Gasteiger partial charge on any atom is -0.0445 e. The molecular weight excluding hydrogens is 132 g/mol. The molecule has 0 fully saturated rings. The van der Waals surface area contributed by atoms with Gasteiger partial charge in [-0.1, -0.05) is 59.8 Å². The second kappa shape index (κ2) is 6.69. The summed E-state index contributed by atoms with van der Waals surface area (Å²) in [4.78, 5) is 0. The van der Waals surface area contributed by atoms with E-state index in [0.29, 0.717) is 0 Å². The maximum atomic E-state index is 2.36. The van der Waals surface area contributed by atoms with Gasteiger partial charge in [-0.2, -0.15) is 0 Å². The van der Waals surface area contributed by atoms with Crippen LogP contribution in [0, 0.1) is 11.8 Å². The van der Waals surface area contributed by atoms with Gasteiger partial charge >= 0.3 is 0 Å². The summed E-state index contributed by atoms with van der Waals surface area (Å²) in [6.45, 7) is 9.29. The molecule has 0 aromatic carbocycles. The van der Waals surface area contributed by atoms with E-state index in [0.717, 1.165) is 11.8 Å². The van der Waals surface area contributed by atoms with Gasteiger partial charge in [-0.25, -0.2) is 0 Å². The molecule has 0 rings (SSSR count). The Kier molecular flexibility index (Phi) is 6.69. The van der Waals surface area contributed by atoms with Crippen molar-refractivity contribution in [3.63, 3.8) is 0 Å². The van der Waals surface area contributed by atoms with E-state index >= 15 is 0 Å². The van der Waals surface area contributed by atoms with E-state index in [1.54, 1.807) is 0 Å². The van der Waals surface area contributed by atoms with Crippen LogP contribution >= 0.6 is 0 Å². The molecule has 0 N–H and O–H groups in total. The van der Waals surface area contributed by atoms with E-state index in [4.69, 9.17) is 0 Å². The van der Waals surface area contributed by atoms with Gasteiger partial charge in [0, 0.05) is 0 Å². The number of rotatable bonds is 6. The minimum atomic E-state index is 0.944. The van der Waals surface area contributed by atoms with Crippen LogP contribution in [0.3, 0.4) is 0 Å². The van der Waals surface area contributed by atoms with Crippen molar-refractivity contribution in [2.75, 3.05) is 0 Å². The zero-order valence-corrected chi connectivity index (χ0v) is 8.69. The minimum Gasteiger partial charge on any atom is -0.0651 e. The monoisotopic (exact) mass is 156 g/mol. The van der Waals surface area contributed by atoms with E-state index < -0.39 is 0 Å². The van der Waals surface area contributed by atoms with Crippen molar-refractivity contribution in [2.45, 2.75) is 59.8 Å². The molecule has 0 aliphatic heterocycles. The minimum absolute atomic E-state index is 0.944. The summed E-state index contributed by atoms with van der Waals surface area (Å²) in [7, 11) is 0. The topological polar surface area (TPSA) is 0 Å². The smallest absolute Gasteiger partial charge is 0.0445 e. The van der Waals surface area contributed by atoms with Gasteiger partial charge in [0.25, 0.3) is 0 Å². The van der Waals surface area contributed by atoms with Gasteiger partial charge in [0.2, 0.25) is 0 Å². The van der Waals surface area contributed by atoms with Crippen molar-refractivity contribution >= 4 is 0 Å². The van der Waals surface area contributed by atoms with Crippen molar-refractivity contribution < 1.29 is 0 Å². The third-order valence-electron chi connectivity index (χ3n) is 2.79. The molecule has 0 unspecified atom stereocenters. The van der Waals surface area contributed by atoms with Crippen LogP contribution in [0.1, 0.15) is 59.8 Å². The van der Waals surface area contributed by atoms with Crippen molar-refractivity contribution in [3.05, 3.63) is 0 Å². The zero-order valence-electron chi connectivity index (χ0n) is 8.69. The van der Waals surface area contributed by atoms with Crippen LogP contribution in [0.15, 0.2) is 0 Å². The molecule has 0 saturated carbocycles. The summed E-state index contributed by atoms with van der Waals surface area (Å²) in [6.07, 6.45) is 6.99. The van der Waals surface area contributed by atoms with Crippen LogP contribution in [0.5, 0.6) is 0 Å². The lowest BCUT2D eigenvalue weighted by Crippen LogP contribution is -1.96. The highest BCUT2D eigenvalue weighted by molar-refractivity contribution is 4.54. The number of hydrogen-bond acceptors (Lipinski definition) is 0. The molecule has 0 aromatic rings. The largest absolute Gasteiger partial charge is 0.0651 e. The third-order valence-corrected chi connectivity index (χ3v) is 2.79. The first-order valence-corrected chi connectivity index (χ1v) is 5.20. The van der Waals surface area contributed by atoms with Crippen molar-refractivity contribution in [2.24, 2.45) is 11.8 Å². The molecule has 0 aliphatic carbocycles. The third kappa shape index (κ3) is 6.40. The van der Waals surface area contributed by atoms with Crippen LogP contribution < -0.4 is 0 Å². The lowest BCUT2D eigenvalue weighted by molar-refractivity contribution is 0.428. The fraction of sp³-hybridized carbons (Fsp3) is 1.00. The predicted molar refractivity (Wildman–Crippen MR) is 52.8 cm³/mol. The second-order valence-electron chi connectivity index (χ2n) is 3.96. The average molecular weight is 156 g/mol. The summed E-state index contributed by atoms with van der Waals surface area (Å²) in [5, 5.41) is 0. The highest BCUT2D eigenvalue weighted by Crippen LogP contribution is 2.16. The highest BCUT2D eigenvalue weighted by atomic mass is 14.1. The molecule has 2 atom stereocenters. The first-order valence-electron chi connectivity index (χ1n) is 5.20. The molecule has 0 spiro atoms. The standard InChI is InChI=1S/C11H24/c1-5-10(3)8-7-9-11(4)6-2/h10-11H,5-9H2,1-4H3/t10-,11-/m1/s1. The van der Waals surface area contributed by atoms with E-state index in [-0.39, 0.29) is 0 Å². The molecule has 0 radical (unpaired) electrons. The summed E-state index contributed by atoms with van der Waals surface area (Å²) in [5.41, 5.74) is 0. The fourth-order valence-corrected chi connectivity index (χ4v) is 1.22. The Labute approximate surface area is 72.4 Å². The second-order valence-corrected chi connectivity index (χ2v) is 3.96. The summed E-state index contributed by atoms with van der Waals surface area (Å²) in [6, 6.07) is 0. The number of hydrogen-bond donors (Lipinski definition) is 0. The average Bonchev–Trinajstić information content (AvgIpc) is 2.04. The maximum absolute atomic E-state index is 2.36. The van der Waals surface area contributed by atoms with E-state index in [9.17, 15) is 0 Å². The summed E-state index contributed by atoms with van der Waals surface area (Å²) < 4.78 is 0. The molecule has 0 saturated heterocycles. The molecule has 11 heavy (non-hydrogen) atoms. The van der Waals surface area contributed by atoms with E-state index in [1.165, 1.54) is 32.1 Å². The first kappa shape index (κ1) is 11.0. The van der Waals surface area contributed by atoms with Gasteiger partial charge in [-0.05, 0) is 11.8 Å². The zero-order chi connectivity index (χ0) is 8.69. The first-order chi connectivity index (χ1) is 5.20. The van der Waals surface area contributed by atoms with Crippen LogP contribution in [-0.4, -0.2) is 0 Å². The van der Waals surface area contributed by atoms with Gasteiger partial charge in [0.1, 0.15) is 0 Å². The molecule has 0 aliphatic rings. The van der Waals surface area contributed by atoms with Crippen LogP contribution in [0.4, 0.5) is 0 Å². The molecule has 0 heterocycles. The molecule has 0 amide bonds. The van der Waals surface area contributed by atoms with E-state index in [1.807, 2.05) is 0 Å². The Hall–Kier alpha value is 0. The van der Waals surface area contributed by atoms with Gasteiger partial charge in [-0.3, -0.25) is 0 Å². The fourth-order valence-electron chi connectivity index (χ4n) is 1.22. The van der Waals surface area contributed by atoms with Crippen molar-refractivity contribution in [1.82, 2.24) is 0 Å². The van der Waals surface area contributed by atoms with E-state index in [2.05, 4.69) is 27.7 Å². The SMILES string of the molecule is CC[C@@H](C)CCC[C@H](C)CC. The Morgan fingerprint density at radius 1 is 0.818 bits per heavy atom. The summed E-state index contributed by atoms with van der Waals surface area (Å²) in [5.74, 6) is 1.89. The van der Waals surface area contributed by atoms with Crippen LogP contribution in [0.2, 0.25) is 0 Å². The predicted octanol–water partition coefficient (Wildman–Crippen LogP) is 4.25. The molecular formula is C11H24. The highest BCUT2D eigenvalue weighted by Gasteiger charge is 2.01. The van der Waals surface area contributed by atoms with Crippen LogP contribution in [0.25, 0.3) is 0 Å². The van der Waals surface area contributed by atoms with Gasteiger partial charge < -0.3 is 0 Å². The molecule has 0 heteroatoms. The summed E-state index contributed by atoms with van der Waals surface area (Å²) >= 11 is 0. The van der Waals surface area contributed by atoms with Crippen molar-refractivity contribution in [1.29, 1.82) is 0 Å². The normalized spacial score (nSPS) is 16.4. The van der Waals surface area contributed by atoms with Gasteiger partial charge in [-0.15, -0.1) is 0 Å². The van der Waals surface area contributed by atoms with Crippen molar-refractivity contribution in [3.8, 4) is 0 Å². The Bertz CT molecular complexity index is 66.1. The molecule has 0 aromatic heterocycles. The Morgan fingerprint density at radius 2 is 1.18 bits per heavy atom. The Morgan fingerprint density at radius 3 is 1.45 bits per heavy atom. The molecule has 0 bridgehead atoms. The molecule has 0 nitrogen and oxygen atoms in total. The van der Waals surface area contributed by atoms with Gasteiger partial charge in [0.05, 0.1) is 0 Å². The lowest BCUT2D eigenvalue weighted by Gasteiger charge is -2.10. The van der Waals surface area contributed by atoms with Crippen LogP contribution in [-0.2, 0) is 0 Å². The molecule has 68 valence electrons. The Balaban J connectivity index is 3.13. The van der Waals surface area contributed by atoms with Gasteiger partial charge in [0.15, 0.2) is 0 Å².